The molecule has 2 heterocycles. The molecule has 0 bridgehead atoms. The van der Waals surface area contributed by atoms with Gasteiger partial charge in [-0.15, -0.1) is 0 Å². The third kappa shape index (κ3) is 7.63. The minimum absolute atomic E-state index is 0.157. The molecule has 0 spiro atoms. The summed E-state index contributed by atoms with van der Waals surface area (Å²) in [6.07, 6.45) is -4.92. The Balaban J connectivity index is 1.85. The molecule has 1 unspecified atom stereocenters. The molecule has 1 aromatic heterocycles. The van der Waals surface area contributed by atoms with E-state index in [4.69, 9.17) is 5.73 Å². The zero-order valence-corrected chi connectivity index (χ0v) is 23.5. The molecule has 3 amide bonds. The summed E-state index contributed by atoms with van der Waals surface area (Å²) in [4.78, 5) is 81.2. The van der Waals surface area contributed by atoms with E-state index < -0.39 is 65.9 Å². The minimum atomic E-state index is -5.33. The van der Waals surface area contributed by atoms with Crippen LogP contribution < -0.4 is 26.6 Å². The summed E-state index contributed by atoms with van der Waals surface area (Å²) >= 11 is 0. The van der Waals surface area contributed by atoms with Crippen LogP contribution in [0.5, 0.6) is 0 Å². The number of halogens is 3. The normalized spacial score (nSPS) is 16.6. The molecule has 0 saturated carbocycles. The monoisotopic (exact) mass is 623 g/mol. The molecule has 1 aliphatic heterocycles. The van der Waals surface area contributed by atoms with Gasteiger partial charge in [0.05, 0.1) is 25.5 Å². The lowest BCUT2D eigenvalue weighted by Crippen LogP contribution is -2.70. The molecule has 0 saturated heterocycles. The molecular weight excluding hydrogens is 595 g/mol. The van der Waals surface area contributed by atoms with Crippen LogP contribution in [-0.2, 0) is 30.5 Å². The number of anilines is 2. The zero-order valence-electron chi connectivity index (χ0n) is 23.5. The van der Waals surface area contributed by atoms with Gasteiger partial charge in [-0.1, -0.05) is 13.8 Å². The Hall–Kier alpha value is -5.13. The number of amides is 3. The van der Waals surface area contributed by atoms with Crippen molar-refractivity contribution in [1.29, 1.82) is 0 Å². The Labute approximate surface area is 247 Å². The fourth-order valence-electron chi connectivity index (χ4n) is 4.04. The first-order chi connectivity index (χ1) is 20.5. The van der Waals surface area contributed by atoms with Crippen molar-refractivity contribution >= 4 is 46.9 Å². The summed E-state index contributed by atoms with van der Waals surface area (Å²) in [7, 11) is 1.11. The number of nitrogens with zero attached hydrogens (tertiary/aromatic N) is 3. The lowest BCUT2D eigenvalue weighted by molar-refractivity contribution is -0.170. The van der Waals surface area contributed by atoms with Crippen molar-refractivity contribution in [2.75, 3.05) is 17.3 Å². The average molecular weight is 624 g/mol. The molecule has 6 N–H and O–H groups in total. The average Bonchev–Trinajstić information content (AvgIpc) is 2.96. The number of ether oxygens (including phenoxy) is 1. The molecule has 3 rings (SSSR count). The highest BCUT2D eigenvalue weighted by Gasteiger charge is 2.45. The molecule has 236 valence electrons. The number of carboxylic acid groups (broad SMARTS) is 1. The second kappa shape index (κ2) is 13.0. The number of nitrogens with two attached hydrogens (primary N) is 1. The number of rotatable bonds is 11. The van der Waals surface area contributed by atoms with E-state index in [0.717, 1.165) is 37.6 Å². The second-order valence-electron chi connectivity index (χ2n) is 9.88. The molecule has 2 atom stereocenters. The topological polar surface area (TPSA) is 223 Å². The SMILES string of the molecule is COC(=O)CC[C@H](NC(=O)c1ccc(N(Cc2cnc3c(n2)C(=O)NC(N)(C(=O)C(C)C)N3)C(=O)C(F)(F)F)cc1)C(=O)O. The molecule has 18 heteroatoms. The number of fused-ring (bicyclic) bond motifs is 1. The number of Topliss-reactive ketones (excluding diaryl/α,β-unsaturated/α-hetero) is 1. The highest BCUT2D eigenvalue weighted by molar-refractivity contribution is 6.05. The lowest BCUT2D eigenvalue weighted by atomic mass is 10.0. The fourth-order valence-corrected chi connectivity index (χ4v) is 4.04. The van der Waals surface area contributed by atoms with E-state index in [1.807, 2.05) is 0 Å². The van der Waals surface area contributed by atoms with Crippen LogP contribution in [0.1, 0.15) is 53.2 Å². The number of esters is 1. The Morgan fingerprint density at radius 3 is 2.32 bits per heavy atom. The van der Waals surface area contributed by atoms with Crippen molar-refractivity contribution < 1.29 is 51.8 Å². The number of hydrogen-bond donors (Lipinski definition) is 5. The molecule has 15 nitrogen and oxygen atoms in total. The smallest absolute Gasteiger partial charge is 0.471 e. The predicted octanol–water partition coefficient (Wildman–Crippen LogP) is 0.701. The Morgan fingerprint density at radius 2 is 1.77 bits per heavy atom. The van der Waals surface area contributed by atoms with E-state index >= 15 is 0 Å². The van der Waals surface area contributed by atoms with Gasteiger partial charge in [-0.05, 0) is 30.7 Å². The lowest BCUT2D eigenvalue weighted by Gasteiger charge is -2.35. The number of alkyl halides is 3. The van der Waals surface area contributed by atoms with Gasteiger partial charge in [-0.25, -0.2) is 14.8 Å². The highest BCUT2D eigenvalue weighted by atomic mass is 19.4. The predicted molar refractivity (Wildman–Crippen MR) is 144 cm³/mol. The third-order valence-corrected chi connectivity index (χ3v) is 6.29. The van der Waals surface area contributed by atoms with Gasteiger partial charge in [0.2, 0.25) is 5.79 Å². The van der Waals surface area contributed by atoms with Crippen LogP contribution in [-0.4, -0.2) is 75.6 Å². The molecular formula is C26H28F3N7O8. The maximum absolute atomic E-state index is 13.5. The number of methoxy groups -OCH3 is 1. The molecule has 44 heavy (non-hydrogen) atoms. The largest absolute Gasteiger partial charge is 0.480 e. The van der Waals surface area contributed by atoms with Crippen LogP contribution in [0.2, 0.25) is 0 Å². The number of nitrogens with one attached hydrogen (secondary N) is 3. The number of ketones is 1. The molecule has 2 aromatic rings. The standard InChI is InChI=1S/C26H28F3N7O8/c1-12(2)19(38)26(30)34-20-18(22(40)35-26)32-14(10-31-20)11-36(24(43)25(27,28)29)15-6-4-13(5-7-15)21(39)33-16(23(41)42)8-9-17(37)44-3/h4-7,10,12,16H,8-9,11,30H2,1-3H3,(H,31,34)(H,33,39)(H,35,40)(H,41,42)/t16-,26?/m0/s1. The molecule has 0 aliphatic carbocycles. The maximum atomic E-state index is 13.5. The molecule has 0 fully saturated rings. The summed E-state index contributed by atoms with van der Waals surface area (Å²) < 4.78 is 45.0. The fraction of sp³-hybridized carbons (Fsp3) is 0.385. The summed E-state index contributed by atoms with van der Waals surface area (Å²) in [5.74, 6) is -9.61. The number of aliphatic carboxylic acids is 1. The van der Waals surface area contributed by atoms with Crippen LogP contribution in [0.3, 0.4) is 0 Å². The Morgan fingerprint density at radius 1 is 1.14 bits per heavy atom. The number of hydrogen-bond acceptors (Lipinski definition) is 11. The van der Waals surface area contributed by atoms with Gasteiger partial charge >= 0.3 is 24.0 Å². The van der Waals surface area contributed by atoms with Crippen molar-refractivity contribution in [3.63, 3.8) is 0 Å². The van der Waals surface area contributed by atoms with Crippen molar-refractivity contribution in [3.8, 4) is 0 Å². The second-order valence-corrected chi connectivity index (χ2v) is 9.88. The van der Waals surface area contributed by atoms with Gasteiger partial charge in [-0.3, -0.25) is 34.6 Å². The van der Waals surface area contributed by atoms with Gasteiger partial charge in [0.15, 0.2) is 17.3 Å². The van der Waals surface area contributed by atoms with Crippen molar-refractivity contribution in [3.05, 3.63) is 47.4 Å². The maximum Gasteiger partial charge on any atom is 0.471 e. The van der Waals surface area contributed by atoms with Gasteiger partial charge in [-0.2, -0.15) is 13.2 Å². The zero-order chi connectivity index (χ0) is 33.0. The molecule has 1 aromatic carbocycles. The van der Waals surface area contributed by atoms with E-state index in [2.05, 4.69) is 30.7 Å². The van der Waals surface area contributed by atoms with Gasteiger partial charge in [0.1, 0.15) is 6.04 Å². The summed E-state index contributed by atoms with van der Waals surface area (Å²) in [6.45, 7) is 2.30. The quantitative estimate of drug-likeness (QED) is 0.218. The molecule has 0 radical (unpaired) electrons. The number of carbonyl (C=O) groups excluding carboxylic acids is 5. The number of carboxylic acids is 1. The number of benzene rings is 1. The van der Waals surface area contributed by atoms with Crippen LogP contribution in [0.15, 0.2) is 30.5 Å². The van der Waals surface area contributed by atoms with Crippen LogP contribution >= 0.6 is 0 Å². The van der Waals surface area contributed by atoms with E-state index in [9.17, 15) is 47.0 Å². The van der Waals surface area contributed by atoms with Crippen LogP contribution in [0.4, 0.5) is 24.7 Å². The van der Waals surface area contributed by atoms with Crippen molar-refractivity contribution in [2.24, 2.45) is 11.7 Å². The molecule has 1 aliphatic rings. The first-order valence-corrected chi connectivity index (χ1v) is 12.9. The first kappa shape index (κ1) is 33.4. The highest BCUT2D eigenvalue weighted by Crippen LogP contribution is 2.27. The van der Waals surface area contributed by atoms with E-state index in [-0.39, 0.29) is 46.2 Å². The van der Waals surface area contributed by atoms with Crippen LogP contribution in [0, 0.1) is 5.92 Å². The third-order valence-electron chi connectivity index (χ3n) is 6.29. The number of aromatic nitrogens is 2. The minimum Gasteiger partial charge on any atom is -0.480 e. The summed E-state index contributed by atoms with van der Waals surface area (Å²) in [5.41, 5.74) is 4.88. The summed E-state index contributed by atoms with van der Waals surface area (Å²) in [6, 6.07) is 2.69. The van der Waals surface area contributed by atoms with Crippen molar-refractivity contribution in [1.82, 2.24) is 20.6 Å². The van der Waals surface area contributed by atoms with E-state index in [1.54, 1.807) is 13.8 Å². The van der Waals surface area contributed by atoms with E-state index in [0.29, 0.717) is 0 Å². The van der Waals surface area contributed by atoms with Crippen molar-refractivity contribution in [2.45, 2.75) is 51.2 Å². The van der Waals surface area contributed by atoms with Gasteiger partial charge in [0.25, 0.3) is 11.8 Å². The number of carbonyl (C=O) groups is 6. The van der Waals surface area contributed by atoms with Crippen LogP contribution in [0.25, 0.3) is 0 Å². The van der Waals surface area contributed by atoms with Gasteiger partial charge in [0, 0.05) is 23.6 Å². The Kier molecular flexibility index (Phi) is 9.88. The first-order valence-electron chi connectivity index (χ1n) is 12.9. The van der Waals surface area contributed by atoms with Gasteiger partial charge < -0.3 is 25.8 Å². The summed E-state index contributed by atoms with van der Waals surface area (Å²) in [5, 5.41) is 16.4. The van der Waals surface area contributed by atoms with E-state index in [1.165, 1.54) is 0 Å². The Bertz CT molecular complexity index is 1480.